The number of benzene rings is 3. The van der Waals surface area contributed by atoms with Gasteiger partial charge in [0, 0.05) is 35.9 Å². The Balaban J connectivity index is 0.00000484. The number of rotatable bonds is 12. The SMILES string of the molecule is CC(C)c1c(C(=O)Nc2ccccc2)c(-c2ccccc2)c(-c2ccc(F)cc2)n1CC[C@@H](O)C[C@@H](O)CC(=O)[O-].O.O.O.[Ca+2]. The number of hydrogen-bond acceptors (Lipinski definition) is 5. The Hall–Kier alpha value is -3.13. The van der Waals surface area contributed by atoms with E-state index in [-0.39, 0.29) is 85.4 Å². The van der Waals surface area contributed by atoms with Crippen LogP contribution in [0.3, 0.4) is 0 Å². The van der Waals surface area contributed by atoms with E-state index in [4.69, 9.17) is 0 Å². The Morgan fingerprint density at radius 2 is 1.40 bits per heavy atom. The van der Waals surface area contributed by atoms with Gasteiger partial charge in [0.2, 0.25) is 0 Å². The molecule has 0 aliphatic rings. The molecule has 4 aromatic rings. The van der Waals surface area contributed by atoms with Crippen molar-refractivity contribution >= 4 is 55.3 Å². The van der Waals surface area contributed by atoms with Gasteiger partial charge in [0.05, 0.1) is 23.5 Å². The van der Waals surface area contributed by atoms with Crippen LogP contribution in [0.4, 0.5) is 10.1 Å². The van der Waals surface area contributed by atoms with Crippen molar-refractivity contribution in [2.75, 3.05) is 5.32 Å². The van der Waals surface area contributed by atoms with Crippen molar-refractivity contribution in [1.82, 2.24) is 4.57 Å². The minimum Gasteiger partial charge on any atom is -0.550 e. The molecule has 0 fully saturated rings. The summed E-state index contributed by atoms with van der Waals surface area (Å²) in [6.07, 6.45) is -2.77. The van der Waals surface area contributed by atoms with E-state index >= 15 is 0 Å². The van der Waals surface area contributed by atoms with Gasteiger partial charge in [-0.3, -0.25) is 4.79 Å². The quantitative estimate of drug-likeness (QED) is 0.196. The fourth-order valence-electron chi connectivity index (χ4n) is 5.19. The Morgan fingerprint density at radius 3 is 1.93 bits per heavy atom. The summed E-state index contributed by atoms with van der Waals surface area (Å²) in [5.41, 5.74) is 4.72. The van der Waals surface area contributed by atoms with Crippen molar-refractivity contribution in [3.63, 3.8) is 0 Å². The molecule has 0 aliphatic heterocycles. The first kappa shape index (κ1) is 41.9. The number of anilines is 1. The normalized spacial score (nSPS) is 11.6. The van der Waals surface area contributed by atoms with E-state index < -0.39 is 30.4 Å². The van der Waals surface area contributed by atoms with Gasteiger partial charge in [-0.05, 0) is 66.3 Å². The van der Waals surface area contributed by atoms with Crippen LogP contribution in [0.15, 0.2) is 84.9 Å². The molecule has 12 heteroatoms. The van der Waals surface area contributed by atoms with Crippen LogP contribution >= 0.6 is 0 Å². The second-order valence-electron chi connectivity index (χ2n) is 10.4. The third-order valence-corrected chi connectivity index (χ3v) is 6.92. The summed E-state index contributed by atoms with van der Waals surface area (Å²) < 4.78 is 16.0. The van der Waals surface area contributed by atoms with Crippen molar-refractivity contribution in [2.24, 2.45) is 0 Å². The second-order valence-corrected chi connectivity index (χ2v) is 10.4. The molecule has 0 radical (unpaired) electrons. The molecule has 0 spiro atoms. The minimum atomic E-state index is -1.39. The Morgan fingerprint density at radius 1 is 0.844 bits per heavy atom. The number of aliphatic carboxylic acids is 1. The summed E-state index contributed by atoms with van der Waals surface area (Å²) in [6.45, 7) is 4.22. The third-order valence-electron chi connectivity index (χ3n) is 6.92. The molecule has 2 atom stereocenters. The van der Waals surface area contributed by atoms with Gasteiger partial charge in [-0.2, -0.15) is 0 Å². The molecule has 1 amide bonds. The van der Waals surface area contributed by atoms with E-state index in [1.807, 2.05) is 66.9 Å². The zero-order valence-corrected chi connectivity index (χ0v) is 27.5. The first-order valence-corrected chi connectivity index (χ1v) is 13.7. The zero-order valence-electron chi connectivity index (χ0n) is 25.3. The number of para-hydroxylation sites is 1. The molecule has 0 bridgehead atoms. The number of nitrogens with zero attached hydrogens (tertiary/aromatic N) is 1. The number of carbonyl (C=O) groups excluding carboxylic acids is 2. The fraction of sp³-hybridized carbons (Fsp3) is 0.273. The van der Waals surface area contributed by atoms with Crippen LogP contribution in [-0.2, 0) is 11.3 Å². The van der Waals surface area contributed by atoms with E-state index in [0.717, 1.165) is 11.3 Å². The van der Waals surface area contributed by atoms with Crippen molar-refractivity contribution in [2.45, 2.75) is 57.8 Å². The Bertz CT molecular complexity index is 1480. The molecule has 4 rings (SSSR count). The van der Waals surface area contributed by atoms with Gasteiger partial charge in [0.15, 0.2) is 0 Å². The minimum absolute atomic E-state index is 0. The molecule has 10 nitrogen and oxygen atoms in total. The van der Waals surface area contributed by atoms with Crippen LogP contribution in [0.5, 0.6) is 0 Å². The van der Waals surface area contributed by atoms with Crippen molar-refractivity contribution in [3.05, 3.63) is 102 Å². The first-order valence-electron chi connectivity index (χ1n) is 13.7. The van der Waals surface area contributed by atoms with Crippen LogP contribution in [0.25, 0.3) is 22.4 Å². The molecule has 238 valence electrons. The molecule has 1 aromatic heterocycles. The standard InChI is InChI=1S/C33H35FN2O5.Ca.3H2O/c1-21(2)31-30(33(41)35-25-11-7-4-8-12-25)29(22-9-5-3-6-10-22)32(23-13-15-24(34)16-14-23)36(31)18-17-26(37)19-27(38)20-28(39)40;;;;/h3-16,21,26-27,37-38H,17-20H2,1-2H3,(H,35,41)(H,39,40);;3*1H2/q;+2;;;/p-1/t26-,27-;;;;/m1..../s1. The van der Waals surface area contributed by atoms with E-state index in [1.54, 1.807) is 24.3 Å². The summed E-state index contributed by atoms with van der Waals surface area (Å²) in [7, 11) is 0. The maximum Gasteiger partial charge on any atom is 2.00 e. The molecule has 0 aliphatic carbocycles. The maximum absolute atomic E-state index is 14.0. The first-order chi connectivity index (χ1) is 19.7. The number of nitrogens with one attached hydrogen (secondary N) is 1. The van der Waals surface area contributed by atoms with Gasteiger partial charge in [0.25, 0.3) is 5.91 Å². The number of aliphatic hydroxyl groups is 2. The number of hydrogen-bond donors (Lipinski definition) is 3. The topological polar surface area (TPSA) is 209 Å². The van der Waals surface area contributed by atoms with E-state index in [2.05, 4.69) is 5.32 Å². The average Bonchev–Trinajstić information content (AvgIpc) is 3.28. The van der Waals surface area contributed by atoms with E-state index in [0.29, 0.717) is 28.1 Å². The number of carboxylic acids is 1. The van der Waals surface area contributed by atoms with Crippen molar-refractivity contribution < 1.29 is 45.7 Å². The molecule has 0 unspecified atom stereocenters. The number of carbonyl (C=O) groups is 2. The second kappa shape index (κ2) is 19.4. The molecule has 3 aromatic carbocycles. The van der Waals surface area contributed by atoms with Crippen LogP contribution < -0.4 is 10.4 Å². The third kappa shape index (κ3) is 10.7. The van der Waals surface area contributed by atoms with E-state index in [9.17, 15) is 29.3 Å². The smallest absolute Gasteiger partial charge is 0.550 e. The van der Waals surface area contributed by atoms with Crippen molar-refractivity contribution in [3.8, 4) is 22.4 Å². The van der Waals surface area contributed by atoms with Crippen LogP contribution in [0.2, 0.25) is 0 Å². The van der Waals surface area contributed by atoms with Gasteiger partial charge in [-0.25, -0.2) is 4.39 Å². The summed E-state index contributed by atoms with van der Waals surface area (Å²) in [6, 6.07) is 24.7. The average molecular weight is 652 g/mol. The summed E-state index contributed by atoms with van der Waals surface area (Å²) in [5.74, 6) is -2.20. The number of amides is 1. The monoisotopic (exact) mass is 651 g/mol. The van der Waals surface area contributed by atoms with Gasteiger partial charge < -0.3 is 46.4 Å². The van der Waals surface area contributed by atoms with Gasteiger partial charge in [0.1, 0.15) is 5.82 Å². The van der Waals surface area contributed by atoms with Gasteiger partial charge >= 0.3 is 37.7 Å². The van der Waals surface area contributed by atoms with Crippen LogP contribution in [-0.4, -0.2) is 93.0 Å². The molecular formula is C33H40CaFN2O8+. The molecular weight excluding hydrogens is 611 g/mol. The molecule has 0 saturated carbocycles. The van der Waals surface area contributed by atoms with E-state index in [1.165, 1.54) is 12.1 Å². The number of aliphatic hydroxyl groups excluding tert-OH is 2. The van der Waals surface area contributed by atoms with Gasteiger partial charge in [-0.15, -0.1) is 0 Å². The zero-order chi connectivity index (χ0) is 29.5. The summed E-state index contributed by atoms with van der Waals surface area (Å²) in [4.78, 5) is 24.9. The maximum atomic E-state index is 14.0. The fourth-order valence-corrected chi connectivity index (χ4v) is 5.19. The van der Waals surface area contributed by atoms with Crippen molar-refractivity contribution in [1.29, 1.82) is 0 Å². The van der Waals surface area contributed by atoms with Gasteiger partial charge in [-0.1, -0.05) is 62.4 Å². The Kier molecular flexibility index (Phi) is 18.0. The molecule has 45 heavy (non-hydrogen) atoms. The summed E-state index contributed by atoms with van der Waals surface area (Å²) in [5, 5.41) is 34.6. The van der Waals surface area contributed by atoms with Crippen LogP contribution in [0.1, 0.15) is 55.1 Å². The van der Waals surface area contributed by atoms with Crippen LogP contribution in [0, 0.1) is 5.82 Å². The predicted molar refractivity (Wildman–Crippen MR) is 171 cm³/mol. The largest absolute Gasteiger partial charge is 2.00 e. The number of halogens is 1. The number of aromatic nitrogens is 1. The molecule has 0 saturated heterocycles. The molecule has 9 N–H and O–H groups in total. The Labute approximate surface area is 291 Å². The summed E-state index contributed by atoms with van der Waals surface area (Å²) >= 11 is 0. The molecule has 1 heterocycles. The predicted octanol–water partition coefficient (Wildman–Crippen LogP) is 2.12. The number of carboxylic acid groups (broad SMARTS) is 1.